The van der Waals surface area contributed by atoms with Crippen LogP contribution >= 0.6 is 11.3 Å². The van der Waals surface area contributed by atoms with E-state index in [1.54, 1.807) is 11.3 Å². The summed E-state index contributed by atoms with van der Waals surface area (Å²) in [6, 6.07) is 0. The van der Waals surface area contributed by atoms with E-state index in [2.05, 4.69) is 5.32 Å². The Morgan fingerprint density at radius 1 is 1.50 bits per heavy atom. The van der Waals surface area contributed by atoms with Crippen LogP contribution in [-0.2, 0) is 4.74 Å². The van der Waals surface area contributed by atoms with Gasteiger partial charge in [0.1, 0.15) is 5.00 Å². The molecule has 0 amide bonds. The molecule has 0 atom stereocenters. The fraction of sp³-hybridized carbons (Fsp3) is 0.500. The number of thiophene rings is 1. The third-order valence-electron chi connectivity index (χ3n) is 2.09. The monoisotopic (exact) mass is 213 g/mol. The lowest BCUT2D eigenvalue weighted by atomic mass is 10.1. The number of hydrogen-bond donors (Lipinski definition) is 1. The Balaban J connectivity index is 3.10. The molecule has 1 aromatic rings. The van der Waals surface area contributed by atoms with Crippen LogP contribution in [0.4, 0.5) is 5.00 Å². The summed E-state index contributed by atoms with van der Waals surface area (Å²) in [7, 11) is 1.81. The highest BCUT2D eigenvalue weighted by molar-refractivity contribution is 7.16. The van der Waals surface area contributed by atoms with Crippen molar-refractivity contribution >= 4 is 22.3 Å². The standard InChI is InChI=1S/C10H15NO2S/c1-5-13-10(12)8-6(2)7(3)14-9(8)11-4/h11H,5H2,1-4H3. The third kappa shape index (κ3) is 1.90. The molecule has 0 aliphatic carbocycles. The quantitative estimate of drug-likeness (QED) is 0.784. The lowest BCUT2D eigenvalue weighted by molar-refractivity contribution is 0.0527. The van der Waals surface area contributed by atoms with Crippen molar-refractivity contribution in [1.29, 1.82) is 0 Å². The predicted octanol–water partition coefficient (Wildman–Crippen LogP) is 2.58. The summed E-state index contributed by atoms with van der Waals surface area (Å²) in [5.74, 6) is -0.237. The van der Waals surface area contributed by atoms with Crippen LogP contribution in [0.5, 0.6) is 0 Å². The molecule has 0 spiro atoms. The molecule has 78 valence electrons. The fourth-order valence-corrected chi connectivity index (χ4v) is 2.25. The van der Waals surface area contributed by atoms with E-state index in [1.807, 2.05) is 27.8 Å². The Hall–Kier alpha value is -1.03. The van der Waals surface area contributed by atoms with E-state index < -0.39 is 0 Å². The van der Waals surface area contributed by atoms with Gasteiger partial charge >= 0.3 is 5.97 Å². The van der Waals surface area contributed by atoms with Crippen LogP contribution in [0.1, 0.15) is 27.7 Å². The van der Waals surface area contributed by atoms with Crippen molar-refractivity contribution in [3.05, 3.63) is 16.0 Å². The first kappa shape index (κ1) is 11.0. The second-order valence-corrected chi connectivity index (χ2v) is 4.18. The fourth-order valence-electron chi connectivity index (χ4n) is 1.25. The molecule has 1 aromatic heterocycles. The topological polar surface area (TPSA) is 38.3 Å². The molecule has 0 aromatic carbocycles. The van der Waals surface area contributed by atoms with Crippen LogP contribution in [0.25, 0.3) is 0 Å². The second-order valence-electron chi connectivity index (χ2n) is 2.96. The SMILES string of the molecule is CCOC(=O)c1c(NC)sc(C)c1C. The summed E-state index contributed by atoms with van der Waals surface area (Å²) in [6.45, 7) is 6.17. The zero-order chi connectivity index (χ0) is 10.7. The number of carbonyl (C=O) groups is 1. The Morgan fingerprint density at radius 2 is 2.14 bits per heavy atom. The van der Waals surface area contributed by atoms with Gasteiger partial charge in [-0.2, -0.15) is 0 Å². The number of rotatable bonds is 3. The number of aryl methyl sites for hydroxylation is 1. The van der Waals surface area contributed by atoms with Gasteiger partial charge < -0.3 is 10.1 Å². The van der Waals surface area contributed by atoms with Gasteiger partial charge in [-0.1, -0.05) is 0 Å². The van der Waals surface area contributed by atoms with Gasteiger partial charge in [0, 0.05) is 11.9 Å². The highest BCUT2D eigenvalue weighted by Gasteiger charge is 2.19. The van der Waals surface area contributed by atoms with Crippen LogP contribution in [-0.4, -0.2) is 19.6 Å². The van der Waals surface area contributed by atoms with Crippen molar-refractivity contribution in [1.82, 2.24) is 0 Å². The van der Waals surface area contributed by atoms with Gasteiger partial charge in [-0.05, 0) is 26.3 Å². The highest BCUT2D eigenvalue weighted by atomic mass is 32.1. The molecule has 0 saturated carbocycles. The Labute approximate surface area is 88.1 Å². The van der Waals surface area contributed by atoms with Crippen LogP contribution in [0.3, 0.4) is 0 Å². The Morgan fingerprint density at radius 3 is 2.64 bits per heavy atom. The van der Waals surface area contributed by atoms with Crippen molar-refractivity contribution in [3.63, 3.8) is 0 Å². The zero-order valence-corrected chi connectivity index (χ0v) is 9.75. The largest absolute Gasteiger partial charge is 0.462 e. The van der Waals surface area contributed by atoms with Gasteiger partial charge in [0.25, 0.3) is 0 Å². The molecule has 0 fully saturated rings. The van der Waals surface area contributed by atoms with Crippen molar-refractivity contribution < 1.29 is 9.53 Å². The highest BCUT2D eigenvalue weighted by Crippen LogP contribution is 2.32. The normalized spacial score (nSPS) is 10.0. The van der Waals surface area contributed by atoms with Crippen LogP contribution in [0.2, 0.25) is 0 Å². The molecular weight excluding hydrogens is 198 g/mol. The van der Waals surface area contributed by atoms with Crippen LogP contribution < -0.4 is 5.32 Å². The molecule has 0 aliphatic heterocycles. The van der Waals surface area contributed by atoms with Gasteiger partial charge in [0.05, 0.1) is 12.2 Å². The molecule has 3 nitrogen and oxygen atoms in total. The maximum atomic E-state index is 11.6. The lowest BCUT2D eigenvalue weighted by Crippen LogP contribution is -2.07. The van der Waals surface area contributed by atoms with E-state index in [1.165, 1.54) is 0 Å². The molecule has 14 heavy (non-hydrogen) atoms. The molecule has 0 saturated heterocycles. The molecule has 1 N–H and O–H groups in total. The van der Waals surface area contributed by atoms with E-state index in [0.29, 0.717) is 12.2 Å². The summed E-state index contributed by atoms with van der Waals surface area (Å²) in [5, 5.41) is 3.90. The summed E-state index contributed by atoms with van der Waals surface area (Å²) in [5.41, 5.74) is 1.69. The van der Waals surface area contributed by atoms with E-state index in [4.69, 9.17) is 4.74 Å². The van der Waals surface area contributed by atoms with Crippen molar-refractivity contribution in [2.45, 2.75) is 20.8 Å². The van der Waals surface area contributed by atoms with Gasteiger partial charge in [0.2, 0.25) is 0 Å². The summed E-state index contributed by atoms with van der Waals surface area (Å²) < 4.78 is 4.99. The number of anilines is 1. The smallest absolute Gasteiger partial charge is 0.341 e. The maximum Gasteiger partial charge on any atom is 0.341 e. The molecule has 0 unspecified atom stereocenters. The molecule has 0 aliphatic rings. The van der Waals surface area contributed by atoms with Crippen molar-refractivity contribution in [2.24, 2.45) is 0 Å². The van der Waals surface area contributed by atoms with Gasteiger partial charge in [-0.15, -0.1) is 11.3 Å². The minimum atomic E-state index is -0.237. The molecule has 1 rings (SSSR count). The lowest BCUT2D eigenvalue weighted by Gasteiger charge is -2.03. The van der Waals surface area contributed by atoms with E-state index in [9.17, 15) is 4.79 Å². The zero-order valence-electron chi connectivity index (χ0n) is 8.93. The number of ether oxygens (including phenoxy) is 1. The predicted molar refractivity (Wildman–Crippen MR) is 59.3 cm³/mol. The first-order valence-corrected chi connectivity index (χ1v) is 5.38. The summed E-state index contributed by atoms with van der Waals surface area (Å²) in [6.07, 6.45) is 0. The maximum absolute atomic E-state index is 11.6. The summed E-state index contributed by atoms with van der Waals surface area (Å²) in [4.78, 5) is 12.8. The van der Waals surface area contributed by atoms with Gasteiger partial charge in [-0.25, -0.2) is 4.79 Å². The first-order valence-electron chi connectivity index (χ1n) is 4.56. The average molecular weight is 213 g/mol. The minimum Gasteiger partial charge on any atom is -0.462 e. The van der Waals surface area contributed by atoms with E-state index in [0.717, 1.165) is 15.4 Å². The van der Waals surface area contributed by atoms with Crippen molar-refractivity contribution in [2.75, 3.05) is 19.0 Å². The number of esters is 1. The van der Waals surface area contributed by atoms with Gasteiger partial charge in [-0.3, -0.25) is 0 Å². The first-order chi connectivity index (χ1) is 6.61. The molecular formula is C10H15NO2S. The molecule has 1 heterocycles. The number of hydrogen-bond acceptors (Lipinski definition) is 4. The number of carbonyl (C=O) groups excluding carboxylic acids is 1. The minimum absolute atomic E-state index is 0.237. The Bertz CT molecular complexity index is 344. The van der Waals surface area contributed by atoms with Crippen LogP contribution in [0.15, 0.2) is 0 Å². The molecule has 0 radical (unpaired) electrons. The van der Waals surface area contributed by atoms with Gasteiger partial charge in [0.15, 0.2) is 0 Å². The average Bonchev–Trinajstić information content (AvgIpc) is 2.43. The third-order valence-corrected chi connectivity index (χ3v) is 3.32. The Kier molecular flexibility index (Phi) is 3.52. The summed E-state index contributed by atoms with van der Waals surface area (Å²) >= 11 is 1.58. The second kappa shape index (κ2) is 4.46. The molecule has 4 heteroatoms. The molecule has 0 bridgehead atoms. The van der Waals surface area contributed by atoms with Crippen molar-refractivity contribution in [3.8, 4) is 0 Å². The van der Waals surface area contributed by atoms with Crippen LogP contribution in [0, 0.1) is 13.8 Å². The number of nitrogens with one attached hydrogen (secondary N) is 1. The van der Waals surface area contributed by atoms with E-state index >= 15 is 0 Å². The van der Waals surface area contributed by atoms with E-state index in [-0.39, 0.29) is 5.97 Å².